The van der Waals surface area contributed by atoms with Crippen LogP contribution in [0.3, 0.4) is 0 Å². The Kier molecular flexibility index (Phi) is 3.48. The zero-order valence-electron chi connectivity index (χ0n) is 15.3. The van der Waals surface area contributed by atoms with E-state index < -0.39 is 0 Å². The second-order valence-corrected chi connectivity index (χ2v) is 8.27. The van der Waals surface area contributed by atoms with E-state index >= 15 is 0 Å². The number of hydrazone groups is 1. The van der Waals surface area contributed by atoms with Crippen molar-refractivity contribution in [2.75, 3.05) is 0 Å². The van der Waals surface area contributed by atoms with Crippen molar-refractivity contribution in [2.24, 2.45) is 40.6 Å². The Morgan fingerprint density at radius 2 is 1.78 bits per heavy atom. The summed E-state index contributed by atoms with van der Waals surface area (Å²) in [5.41, 5.74) is 0.436. The molecular weight excluding hydrogens is 344 g/mol. The summed E-state index contributed by atoms with van der Waals surface area (Å²) in [6.07, 6.45) is 6.78. The van der Waals surface area contributed by atoms with Crippen LogP contribution in [0.5, 0.6) is 11.5 Å². The highest BCUT2D eigenvalue weighted by molar-refractivity contribution is 6.06. The number of carbonyl (C=O) groups excluding carboxylic acids is 2. The number of phenolic OH excluding ortho intramolecular Hbond substituents is 1. The third-order valence-corrected chi connectivity index (χ3v) is 6.33. The molecule has 6 atom stereocenters. The summed E-state index contributed by atoms with van der Waals surface area (Å²) in [6, 6.07) is 4.90. The predicted molar refractivity (Wildman–Crippen MR) is 98.0 cm³/mol. The van der Waals surface area contributed by atoms with Crippen molar-refractivity contribution in [2.45, 2.75) is 26.4 Å². The average Bonchev–Trinajstić information content (AvgIpc) is 3.40. The van der Waals surface area contributed by atoms with Gasteiger partial charge in [0.1, 0.15) is 11.5 Å². The molecule has 1 aromatic carbocycles. The molecule has 1 aliphatic heterocycles. The van der Waals surface area contributed by atoms with Crippen LogP contribution < -0.4 is 4.74 Å². The van der Waals surface area contributed by atoms with Gasteiger partial charge in [-0.15, -0.1) is 0 Å². The Labute approximate surface area is 157 Å². The molecule has 4 aliphatic carbocycles. The van der Waals surface area contributed by atoms with E-state index in [1.54, 1.807) is 12.1 Å². The van der Waals surface area contributed by atoms with E-state index in [0.29, 0.717) is 23.1 Å². The minimum Gasteiger partial charge on any atom is -0.507 e. The number of phenols is 1. The van der Waals surface area contributed by atoms with Crippen molar-refractivity contribution >= 4 is 18.0 Å². The van der Waals surface area contributed by atoms with Crippen LogP contribution >= 0.6 is 0 Å². The maximum Gasteiger partial charge on any atom is 0.254 e. The number of hydrogen-bond acceptors (Lipinski definition) is 5. The number of aromatic hydroxyl groups is 1. The second kappa shape index (κ2) is 5.68. The Hall–Kier alpha value is -2.63. The van der Waals surface area contributed by atoms with Gasteiger partial charge in [-0.2, -0.15) is 10.1 Å². The van der Waals surface area contributed by atoms with Crippen molar-refractivity contribution < 1.29 is 19.4 Å². The van der Waals surface area contributed by atoms with Crippen molar-refractivity contribution in [1.82, 2.24) is 5.01 Å². The van der Waals surface area contributed by atoms with Gasteiger partial charge in [0.25, 0.3) is 11.8 Å². The maximum atomic E-state index is 12.9. The van der Waals surface area contributed by atoms with Gasteiger partial charge in [0, 0.05) is 11.6 Å². The van der Waals surface area contributed by atoms with Gasteiger partial charge in [0.15, 0.2) is 0 Å². The van der Waals surface area contributed by atoms with Gasteiger partial charge in [0.2, 0.25) is 0 Å². The van der Waals surface area contributed by atoms with Crippen molar-refractivity contribution in [1.29, 1.82) is 0 Å². The summed E-state index contributed by atoms with van der Waals surface area (Å²) in [5, 5.41) is 15.3. The van der Waals surface area contributed by atoms with Gasteiger partial charge in [0.05, 0.1) is 24.2 Å². The predicted octanol–water partition coefficient (Wildman–Crippen LogP) is 2.57. The van der Waals surface area contributed by atoms with Gasteiger partial charge in [-0.3, -0.25) is 9.59 Å². The average molecular weight is 366 g/mol. The van der Waals surface area contributed by atoms with Crippen LogP contribution in [-0.2, 0) is 9.59 Å². The van der Waals surface area contributed by atoms with Crippen LogP contribution in [0.1, 0.15) is 25.8 Å². The molecule has 27 heavy (non-hydrogen) atoms. The van der Waals surface area contributed by atoms with Crippen LogP contribution in [0, 0.1) is 35.5 Å². The first kappa shape index (κ1) is 16.5. The Bertz CT molecular complexity index is 854. The second-order valence-electron chi connectivity index (χ2n) is 8.27. The van der Waals surface area contributed by atoms with Crippen molar-refractivity contribution in [3.63, 3.8) is 0 Å². The van der Waals surface area contributed by atoms with E-state index in [4.69, 9.17) is 4.74 Å². The summed E-state index contributed by atoms with van der Waals surface area (Å²) >= 11 is 0. The molecule has 2 bridgehead atoms. The third kappa shape index (κ3) is 2.42. The van der Waals surface area contributed by atoms with Crippen molar-refractivity contribution in [3.8, 4) is 11.5 Å². The summed E-state index contributed by atoms with van der Waals surface area (Å²) in [5.74, 6) is 1.13. The smallest absolute Gasteiger partial charge is 0.254 e. The van der Waals surface area contributed by atoms with E-state index in [1.807, 2.05) is 13.8 Å². The summed E-state index contributed by atoms with van der Waals surface area (Å²) in [6.45, 7) is 3.81. The van der Waals surface area contributed by atoms with Gasteiger partial charge in [-0.25, -0.2) is 0 Å². The zero-order valence-corrected chi connectivity index (χ0v) is 15.3. The molecule has 1 heterocycles. The molecule has 6 nitrogen and oxygen atoms in total. The molecule has 3 fully saturated rings. The SMILES string of the molecule is CC(C)Oc1ccc(/C=N\N2C(=O)[C@@H]3[C@H]4C=C[C@@H]([C@@H]5C[C@H]45)[C@@H]3C2=O)c(O)c1. The lowest BCUT2D eigenvalue weighted by Crippen LogP contribution is -2.40. The number of ether oxygens (including phenoxy) is 1. The first-order chi connectivity index (χ1) is 13.0. The summed E-state index contributed by atoms with van der Waals surface area (Å²) in [4.78, 5) is 25.7. The van der Waals surface area contributed by atoms with E-state index in [-0.39, 0.29) is 47.3 Å². The molecule has 0 aromatic heterocycles. The number of nitrogens with zero attached hydrogens (tertiary/aromatic N) is 2. The standard InChI is InChI=1S/C21H22N2O4/c1-10(2)27-12-4-3-11(17(24)7-12)9-22-23-20(25)18-13-5-6-14(16-8-15(13)16)19(18)21(23)26/h3-7,9-10,13-16,18-19,24H,8H2,1-2H3/b22-9-/t13-,14-,15-,16+,18-,19+/m0/s1. The Morgan fingerprint density at radius 3 is 2.33 bits per heavy atom. The van der Waals surface area contributed by atoms with Crippen LogP contribution in [0.4, 0.5) is 0 Å². The number of rotatable bonds is 4. The highest BCUT2D eigenvalue weighted by Crippen LogP contribution is 2.65. The molecule has 1 aromatic rings. The minimum atomic E-state index is -0.260. The molecule has 1 N–H and O–H groups in total. The molecule has 0 spiro atoms. The zero-order chi connectivity index (χ0) is 18.9. The molecule has 2 amide bonds. The molecule has 0 unspecified atom stereocenters. The number of imide groups is 1. The Morgan fingerprint density at radius 1 is 1.15 bits per heavy atom. The molecule has 1 saturated heterocycles. The fourth-order valence-electron chi connectivity index (χ4n) is 5.15. The van der Waals surface area contributed by atoms with Crippen LogP contribution in [0.15, 0.2) is 35.5 Å². The number of benzene rings is 1. The van der Waals surface area contributed by atoms with Crippen LogP contribution in [0.25, 0.3) is 0 Å². The topological polar surface area (TPSA) is 79.2 Å². The fraction of sp³-hybridized carbons (Fsp3) is 0.476. The van der Waals surface area contributed by atoms with E-state index in [2.05, 4.69) is 17.3 Å². The van der Waals surface area contributed by atoms with E-state index in [1.165, 1.54) is 12.3 Å². The first-order valence-electron chi connectivity index (χ1n) is 9.55. The molecule has 0 radical (unpaired) electrons. The number of hydrogen-bond donors (Lipinski definition) is 1. The van der Waals surface area contributed by atoms with E-state index in [0.717, 1.165) is 11.4 Å². The van der Waals surface area contributed by atoms with Crippen LogP contribution in [-0.4, -0.2) is 34.2 Å². The van der Waals surface area contributed by atoms with Gasteiger partial charge in [-0.1, -0.05) is 12.2 Å². The molecule has 5 aliphatic rings. The monoisotopic (exact) mass is 366 g/mol. The van der Waals surface area contributed by atoms with E-state index in [9.17, 15) is 14.7 Å². The molecular formula is C21H22N2O4. The summed E-state index contributed by atoms with van der Waals surface area (Å²) in [7, 11) is 0. The third-order valence-electron chi connectivity index (χ3n) is 6.33. The van der Waals surface area contributed by atoms with Gasteiger partial charge in [-0.05, 0) is 56.1 Å². The largest absolute Gasteiger partial charge is 0.507 e. The quantitative estimate of drug-likeness (QED) is 0.505. The Balaban J connectivity index is 1.37. The first-order valence-corrected chi connectivity index (χ1v) is 9.55. The van der Waals surface area contributed by atoms with Crippen LogP contribution in [0.2, 0.25) is 0 Å². The fourth-order valence-corrected chi connectivity index (χ4v) is 5.15. The highest BCUT2D eigenvalue weighted by Gasteiger charge is 2.67. The lowest BCUT2D eigenvalue weighted by atomic mass is 9.63. The number of carbonyl (C=O) groups is 2. The summed E-state index contributed by atoms with van der Waals surface area (Å²) < 4.78 is 5.54. The van der Waals surface area contributed by atoms with Crippen molar-refractivity contribution in [3.05, 3.63) is 35.9 Å². The maximum absolute atomic E-state index is 12.9. The molecule has 2 saturated carbocycles. The number of amides is 2. The highest BCUT2D eigenvalue weighted by atomic mass is 16.5. The normalized spacial score (nSPS) is 35.9. The minimum absolute atomic E-state index is 0.00213. The van der Waals surface area contributed by atoms with Gasteiger partial charge < -0.3 is 9.84 Å². The molecule has 140 valence electrons. The lowest BCUT2D eigenvalue weighted by Gasteiger charge is -2.37. The molecule has 6 heteroatoms. The van der Waals surface area contributed by atoms with Gasteiger partial charge >= 0.3 is 0 Å². The number of allylic oxidation sites excluding steroid dienone is 2. The molecule has 6 rings (SSSR count). The lowest BCUT2D eigenvalue weighted by molar-refractivity contribution is -0.140.